The Bertz CT molecular complexity index is 883. The van der Waals surface area contributed by atoms with Crippen molar-refractivity contribution >= 4 is 10.0 Å². The molecule has 0 saturated carbocycles. The summed E-state index contributed by atoms with van der Waals surface area (Å²) in [6.07, 6.45) is 0. The van der Waals surface area contributed by atoms with E-state index in [-0.39, 0.29) is 6.04 Å². The normalized spacial score (nSPS) is 15.0. The Kier molecular flexibility index (Phi) is 4.75. The summed E-state index contributed by atoms with van der Waals surface area (Å²) in [6.45, 7) is 8.45. The Morgan fingerprint density at radius 2 is 1.56 bits per heavy atom. The fourth-order valence-electron chi connectivity index (χ4n) is 3.28. The fourth-order valence-corrected chi connectivity index (χ4v) is 4.96. The summed E-state index contributed by atoms with van der Waals surface area (Å²) < 4.78 is 39.6. The van der Waals surface area contributed by atoms with Crippen LogP contribution in [0.15, 0.2) is 35.2 Å². The van der Waals surface area contributed by atoms with Crippen molar-refractivity contribution in [2.75, 3.05) is 13.2 Å². The average Bonchev–Trinajstić information content (AvgIpc) is 2.52. The van der Waals surface area contributed by atoms with E-state index in [4.69, 9.17) is 9.47 Å². The number of benzene rings is 2. The molecule has 0 saturated heterocycles. The van der Waals surface area contributed by atoms with Crippen LogP contribution in [0.2, 0.25) is 0 Å². The van der Waals surface area contributed by atoms with E-state index in [2.05, 4.69) is 4.72 Å². The van der Waals surface area contributed by atoms with Crippen molar-refractivity contribution in [2.24, 2.45) is 0 Å². The molecule has 0 bridgehead atoms. The quantitative estimate of drug-likeness (QED) is 0.906. The van der Waals surface area contributed by atoms with Crippen LogP contribution in [0.5, 0.6) is 11.5 Å². The molecule has 0 fully saturated rings. The highest BCUT2D eigenvalue weighted by Crippen LogP contribution is 2.33. The van der Waals surface area contributed by atoms with Crippen molar-refractivity contribution < 1.29 is 17.9 Å². The van der Waals surface area contributed by atoms with E-state index >= 15 is 0 Å². The second-order valence-corrected chi connectivity index (χ2v) is 8.12. The first-order valence-corrected chi connectivity index (χ1v) is 9.76. The van der Waals surface area contributed by atoms with E-state index in [1.54, 1.807) is 0 Å². The van der Waals surface area contributed by atoms with Crippen LogP contribution in [0.25, 0.3) is 0 Å². The summed E-state index contributed by atoms with van der Waals surface area (Å²) >= 11 is 0. The molecule has 0 aliphatic carbocycles. The minimum atomic E-state index is -3.63. The van der Waals surface area contributed by atoms with Gasteiger partial charge in [-0.2, -0.15) is 0 Å². The second kappa shape index (κ2) is 6.69. The summed E-state index contributed by atoms with van der Waals surface area (Å²) in [5.41, 5.74) is 3.38. The van der Waals surface area contributed by atoms with Crippen LogP contribution in [0.4, 0.5) is 0 Å². The van der Waals surface area contributed by atoms with Crippen LogP contribution in [-0.2, 0) is 10.0 Å². The minimum absolute atomic E-state index is 0.350. The molecule has 0 amide bonds. The predicted octanol–water partition coefficient (Wildman–Crippen LogP) is 3.42. The zero-order valence-electron chi connectivity index (χ0n) is 14.9. The molecule has 25 heavy (non-hydrogen) atoms. The van der Waals surface area contributed by atoms with Crippen LogP contribution in [0, 0.1) is 20.8 Å². The van der Waals surface area contributed by atoms with Gasteiger partial charge in [-0.05, 0) is 56.5 Å². The van der Waals surface area contributed by atoms with Crippen LogP contribution in [0.3, 0.4) is 0 Å². The summed E-state index contributed by atoms with van der Waals surface area (Å²) in [7, 11) is -3.63. The van der Waals surface area contributed by atoms with Gasteiger partial charge in [-0.3, -0.25) is 0 Å². The third kappa shape index (κ3) is 3.65. The number of nitrogens with one attached hydrogen (secondary N) is 1. The molecule has 1 aliphatic rings. The number of fused-ring (bicyclic) bond motifs is 1. The van der Waals surface area contributed by atoms with Gasteiger partial charge in [-0.25, -0.2) is 13.1 Å². The maximum Gasteiger partial charge on any atom is 0.241 e. The van der Waals surface area contributed by atoms with Crippen molar-refractivity contribution in [3.8, 4) is 11.5 Å². The number of sulfonamides is 1. The van der Waals surface area contributed by atoms with Gasteiger partial charge in [0.2, 0.25) is 10.0 Å². The topological polar surface area (TPSA) is 64.6 Å². The predicted molar refractivity (Wildman–Crippen MR) is 96.8 cm³/mol. The number of ether oxygens (including phenoxy) is 2. The number of hydrogen-bond donors (Lipinski definition) is 1. The molecule has 1 aliphatic heterocycles. The molecule has 0 spiro atoms. The number of aryl methyl sites for hydroxylation is 3. The third-order valence-electron chi connectivity index (χ3n) is 4.27. The van der Waals surface area contributed by atoms with Crippen LogP contribution >= 0.6 is 0 Å². The van der Waals surface area contributed by atoms with Gasteiger partial charge in [0.25, 0.3) is 0 Å². The van der Waals surface area contributed by atoms with Gasteiger partial charge in [0.1, 0.15) is 13.2 Å². The molecule has 1 unspecified atom stereocenters. The Balaban J connectivity index is 1.88. The Morgan fingerprint density at radius 3 is 2.20 bits per heavy atom. The highest BCUT2D eigenvalue weighted by Gasteiger charge is 2.23. The van der Waals surface area contributed by atoms with Gasteiger partial charge in [0.05, 0.1) is 4.90 Å². The third-order valence-corrected chi connectivity index (χ3v) is 6.12. The lowest BCUT2D eigenvalue weighted by atomic mass is 10.1. The Morgan fingerprint density at radius 1 is 0.960 bits per heavy atom. The first-order valence-electron chi connectivity index (χ1n) is 8.27. The summed E-state index contributed by atoms with van der Waals surface area (Å²) in [5.74, 6) is 1.34. The standard InChI is InChI=1S/C19H23NO4S/c1-12-9-13(2)19(14(3)10-12)25(21,22)20-15(4)16-5-6-17-18(11-16)24-8-7-23-17/h5-6,9-11,15,20H,7-8H2,1-4H3. The molecule has 2 aromatic carbocycles. The first kappa shape index (κ1) is 17.8. The van der Waals surface area contributed by atoms with Crippen molar-refractivity contribution in [2.45, 2.75) is 38.6 Å². The van der Waals surface area contributed by atoms with Gasteiger partial charge in [0.15, 0.2) is 11.5 Å². The van der Waals surface area contributed by atoms with Crippen molar-refractivity contribution in [1.29, 1.82) is 0 Å². The van der Waals surface area contributed by atoms with Crippen LogP contribution in [-0.4, -0.2) is 21.6 Å². The zero-order chi connectivity index (χ0) is 18.2. The SMILES string of the molecule is Cc1cc(C)c(S(=O)(=O)NC(C)c2ccc3c(c2)OCCO3)c(C)c1. The van der Waals surface area contributed by atoms with Gasteiger partial charge >= 0.3 is 0 Å². The van der Waals surface area contributed by atoms with Crippen molar-refractivity contribution in [3.63, 3.8) is 0 Å². The molecular formula is C19H23NO4S. The molecule has 134 valence electrons. The highest BCUT2D eigenvalue weighted by molar-refractivity contribution is 7.89. The van der Waals surface area contributed by atoms with E-state index in [0.717, 1.165) is 22.3 Å². The molecular weight excluding hydrogens is 338 g/mol. The Labute approximate surface area is 149 Å². The zero-order valence-corrected chi connectivity index (χ0v) is 15.7. The summed E-state index contributed by atoms with van der Waals surface area (Å²) in [5, 5.41) is 0. The first-order chi connectivity index (χ1) is 11.8. The molecule has 1 atom stereocenters. The lowest BCUT2D eigenvalue weighted by molar-refractivity contribution is 0.171. The lowest BCUT2D eigenvalue weighted by Gasteiger charge is -2.21. The highest BCUT2D eigenvalue weighted by atomic mass is 32.2. The smallest absolute Gasteiger partial charge is 0.241 e. The van der Waals surface area contributed by atoms with Gasteiger partial charge in [0, 0.05) is 6.04 Å². The maximum atomic E-state index is 12.9. The van der Waals surface area contributed by atoms with Crippen LogP contribution in [0.1, 0.15) is 35.2 Å². The van der Waals surface area contributed by atoms with Gasteiger partial charge < -0.3 is 9.47 Å². The molecule has 1 N–H and O–H groups in total. The van der Waals surface area contributed by atoms with Gasteiger partial charge in [-0.1, -0.05) is 23.8 Å². The van der Waals surface area contributed by atoms with Crippen molar-refractivity contribution in [1.82, 2.24) is 4.72 Å². The largest absolute Gasteiger partial charge is 0.486 e. The Hall–Kier alpha value is -2.05. The van der Waals surface area contributed by atoms with E-state index < -0.39 is 10.0 Å². The van der Waals surface area contributed by atoms with E-state index in [1.165, 1.54) is 0 Å². The molecule has 5 nitrogen and oxygen atoms in total. The van der Waals surface area contributed by atoms with E-state index in [1.807, 2.05) is 58.0 Å². The molecule has 3 rings (SSSR count). The summed E-state index contributed by atoms with van der Waals surface area (Å²) in [6, 6.07) is 8.89. The average molecular weight is 361 g/mol. The lowest BCUT2D eigenvalue weighted by Crippen LogP contribution is -2.28. The van der Waals surface area contributed by atoms with E-state index in [9.17, 15) is 8.42 Å². The number of rotatable bonds is 4. The molecule has 2 aromatic rings. The van der Waals surface area contributed by atoms with E-state index in [0.29, 0.717) is 29.6 Å². The fraction of sp³-hybridized carbons (Fsp3) is 0.368. The minimum Gasteiger partial charge on any atom is -0.486 e. The second-order valence-electron chi connectivity index (χ2n) is 6.47. The molecule has 0 radical (unpaired) electrons. The van der Waals surface area contributed by atoms with Crippen molar-refractivity contribution in [3.05, 3.63) is 52.6 Å². The maximum absolute atomic E-state index is 12.9. The van der Waals surface area contributed by atoms with Gasteiger partial charge in [-0.15, -0.1) is 0 Å². The molecule has 0 aromatic heterocycles. The summed E-state index contributed by atoms with van der Waals surface area (Å²) in [4.78, 5) is 0.350. The monoisotopic (exact) mass is 361 g/mol. The molecule has 6 heteroatoms. The number of hydrogen-bond acceptors (Lipinski definition) is 4. The molecule has 1 heterocycles. The van der Waals surface area contributed by atoms with Crippen LogP contribution < -0.4 is 14.2 Å².